The van der Waals surface area contributed by atoms with Crippen molar-refractivity contribution in [3.05, 3.63) is 63.4 Å². The first kappa shape index (κ1) is 13.6. The van der Waals surface area contributed by atoms with Crippen molar-refractivity contribution < 1.29 is 18.0 Å². The Morgan fingerprint density at radius 2 is 1.68 bits per heavy atom. The molecule has 2 aromatic rings. The number of carbonyl (C=O) groups is 1. The number of carbonyl (C=O) groups excluding carboxylic acids is 1. The second-order valence-electron chi connectivity index (χ2n) is 3.81. The largest absolute Gasteiger partial charge is 0.398 e. The third-order valence-corrected chi connectivity index (χ3v) is 3.12. The normalized spacial score (nSPS) is 10.5. The Morgan fingerprint density at radius 1 is 1.00 bits per heavy atom. The Labute approximate surface area is 115 Å². The maximum Gasteiger partial charge on any atom is 0.198 e. The maximum atomic E-state index is 13.5. The van der Waals surface area contributed by atoms with Gasteiger partial charge < -0.3 is 5.73 Å². The van der Waals surface area contributed by atoms with Crippen LogP contribution in [0.2, 0.25) is 0 Å². The molecule has 0 unspecified atom stereocenters. The smallest absolute Gasteiger partial charge is 0.198 e. The predicted octanol–water partition coefficient (Wildman–Crippen LogP) is 3.68. The minimum absolute atomic E-state index is 0.0260. The van der Waals surface area contributed by atoms with E-state index in [2.05, 4.69) is 15.9 Å². The summed E-state index contributed by atoms with van der Waals surface area (Å²) in [6, 6.07) is 4.54. The molecule has 0 saturated carbocycles. The molecular formula is C13H7BrF3NO. The van der Waals surface area contributed by atoms with Gasteiger partial charge in [-0.15, -0.1) is 0 Å². The van der Waals surface area contributed by atoms with Gasteiger partial charge in [-0.05, 0) is 46.3 Å². The molecule has 2 aromatic carbocycles. The van der Waals surface area contributed by atoms with Gasteiger partial charge in [0.05, 0.1) is 10.0 Å². The van der Waals surface area contributed by atoms with Gasteiger partial charge in [-0.3, -0.25) is 4.79 Å². The third kappa shape index (κ3) is 2.63. The Balaban J connectivity index is 2.56. The highest BCUT2D eigenvalue weighted by atomic mass is 79.9. The topological polar surface area (TPSA) is 43.1 Å². The number of rotatable bonds is 2. The van der Waals surface area contributed by atoms with Crippen LogP contribution in [0.25, 0.3) is 0 Å². The summed E-state index contributed by atoms with van der Waals surface area (Å²) in [6.07, 6.45) is 0. The summed E-state index contributed by atoms with van der Waals surface area (Å²) in [5.41, 5.74) is 4.85. The molecule has 0 bridgehead atoms. The van der Waals surface area contributed by atoms with E-state index in [1.54, 1.807) is 0 Å². The van der Waals surface area contributed by atoms with Crippen LogP contribution in [0.3, 0.4) is 0 Å². The number of ketones is 1. The van der Waals surface area contributed by atoms with E-state index >= 15 is 0 Å². The summed E-state index contributed by atoms with van der Waals surface area (Å²) in [7, 11) is 0. The maximum absolute atomic E-state index is 13.5. The number of nitrogen functional groups attached to an aromatic ring is 1. The molecule has 2 nitrogen and oxygen atoms in total. The fourth-order valence-electron chi connectivity index (χ4n) is 1.58. The number of hydrogen-bond acceptors (Lipinski definition) is 2. The van der Waals surface area contributed by atoms with Crippen molar-refractivity contribution >= 4 is 27.4 Å². The van der Waals surface area contributed by atoms with E-state index in [0.29, 0.717) is 0 Å². The fourth-order valence-corrected chi connectivity index (χ4v) is 1.94. The Bertz CT molecular complexity index is 673. The van der Waals surface area contributed by atoms with Gasteiger partial charge >= 0.3 is 0 Å². The highest BCUT2D eigenvalue weighted by molar-refractivity contribution is 9.10. The quantitative estimate of drug-likeness (QED) is 0.674. The number of nitrogens with two attached hydrogens (primary N) is 1. The van der Waals surface area contributed by atoms with Crippen molar-refractivity contribution in [1.82, 2.24) is 0 Å². The lowest BCUT2D eigenvalue weighted by atomic mass is 10.0. The molecule has 0 fully saturated rings. The summed E-state index contributed by atoms with van der Waals surface area (Å²) >= 11 is 2.91. The van der Waals surface area contributed by atoms with Crippen LogP contribution in [0.15, 0.2) is 34.8 Å². The molecule has 0 aliphatic carbocycles. The van der Waals surface area contributed by atoms with Crippen LogP contribution in [-0.4, -0.2) is 5.78 Å². The molecule has 0 atom stereocenters. The SMILES string of the molecule is Nc1cc(Br)c(F)cc1C(=O)c1cc(F)ccc1F. The molecule has 0 amide bonds. The van der Waals surface area contributed by atoms with Crippen LogP contribution in [-0.2, 0) is 0 Å². The first-order valence-electron chi connectivity index (χ1n) is 5.14. The molecule has 2 N–H and O–H groups in total. The monoisotopic (exact) mass is 329 g/mol. The average molecular weight is 330 g/mol. The summed E-state index contributed by atoms with van der Waals surface area (Å²) in [5.74, 6) is -3.25. The van der Waals surface area contributed by atoms with Crippen LogP contribution >= 0.6 is 15.9 Å². The van der Waals surface area contributed by atoms with E-state index in [1.165, 1.54) is 6.07 Å². The molecule has 0 aliphatic heterocycles. The zero-order chi connectivity index (χ0) is 14.2. The number of halogens is 4. The predicted molar refractivity (Wildman–Crippen MR) is 68.3 cm³/mol. The first-order valence-corrected chi connectivity index (χ1v) is 5.93. The molecule has 2 rings (SSSR count). The first-order chi connectivity index (χ1) is 8.90. The molecule has 6 heteroatoms. The molecule has 0 saturated heterocycles. The lowest BCUT2D eigenvalue weighted by Gasteiger charge is -2.07. The molecule has 0 heterocycles. The van der Waals surface area contributed by atoms with E-state index in [4.69, 9.17) is 5.73 Å². The van der Waals surface area contributed by atoms with Crippen LogP contribution in [0.5, 0.6) is 0 Å². The van der Waals surface area contributed by atoms with Gasteiger partial charge in [-0.2, -0.15) is 0 Å². The van der Waals surface area contributed by atoms with Gasteiger partial charge in [0.15, 0.2) is 5.78 Å². The zero-order valence-electron chi connectivity index (χ0n) is 9.38. The third-order valence-electron chi connectivity index (χ3n) is 2.51. The van der Waals surface area contributed by atoms with E-state index < -0.39 is 28.8 Å². The van der Waals surface area contributed by atoms with Crippen LogP contribution in [0.1, 0.15) is 15.9 Å². The van der Waals surface area contributed by atoms with Crippen molar-refractivity contribution in [1.29, 1.82) is 0 Å². The van der Waals surface area contributed by atoms with Crippen molar-refractivity contribution in [2.75, 3.05) is 5.73 Å². The minimum Gasteiger partial charge on any atom is -0.398 e. The highest BCUT2D eigenvalue weighted by Gasteiger charge is 2.19. The number of benzene rings is 2. The standard InChI is InChI=1S/C13H7BrF3NO/c14-9-5-12(18)8(4-11(9)17)13(19)7-3-6(15)1-2-10(7)16/h1-5H,18H2. The van der Waals surface area contributed by atoms with Gasteiger partial charge in [0.2, 0.25) is 0 Å². The van der Waals surface area contributed by atoms with Gasteiger partial charge in [-0.1, -0.05) is 0 Å². The molecule has 0 aromatic heterocycles. The highest BCUT2D eigenvalue weighted by Crippen LogP contribution is 2.25. The summed E-state index contributed by atoms with van der Waals surface area (Å²) < 4.78 is 40.0. The van der Waals surface area contributed by atoms with Crippen LogP contribution < -0.4 is 5.73 Å². The summed E-state index contributed by atoms with van der Waals surface area (Å²) in [4.78, 5) is 12.0. The lowest BCUT2D eigenvalue weighted by Crippen LogP contribution is -2.09. The van der Waals surface area contributed by atoms with E-state index in [9.17, 15) is 18.0 Å². The summed E-state index contributed by atoms with van der Waals surface area (Å²) in [6.45, 7) is 0. The lowest BCUT2D eigenvalue weighted by molar-refractivity contribution is 0.103. The van der Waals surface area contributed by atoms with Gasteiger partial charge in [0, 0.05) is 11.3 Å². The molecule has 98 valence electrons. The second kappa shape index (κ2) is 5.05. The second-order valence-corrected chi connectivity index (χ2v) is 4.66. The van der Waals surface area contributed by atoms with Crippen molar-refractivity contribution in [3.63, 3.8) is 0 Å². The Morgan fingerprint density at radius 3 is 2.37 bits per heavy atom. The minimum atomic E-state index is -0.894. The molecule has 19 heavy (non-hydrogen) atoms. The van der Waals surface area contributed by atoms with Crippen molar-refractivity contribution in [3.8, 4) is 0 Å². The van der Waals surface area contributed by atoms with Crippen molar-refractivity contribution in [2.24, 2.45) is 0 Å². The van der Waals surface area contributed by atoms with E-state index in [0.717, 1.165) is 24.3 Å². The van der Waals surface area contributed by atoms with Crippen LogP contribution in [0.4, 0.5) is 18.9 Å². The van der Waals surface area contributed by atoms with E-state index in [-0.39, 0.29) is 15.7 Å². The molecule has 0 aliphatic rings. The average Bonchev–Trinajstić information content (AvgIpc) is 2.36. The van der Waals surface area contributed by atoms with Crippen molar-refractivity contribution in [2.45, 2.75) is 0 Å². The van der Waals surface area contributed by atoms with Crippen LogP contribution in [0, 0.1) is 17.5 Å². The Kier molecular flexibility index (Phi) is 3.61. The molecular weight excluding hydrogens is 323 g/mol. The summed E-state index contributed by atoms with van der Waals surface area (Å²) in [5, 5.41) is 0. The van der Waals surface area contributed by atoms with Gasteiger partial charge in [0.1, 0.15) is 17.5 Å². The Hall–Kier alpha value is -1.82. The number of anilines is 1. The zero-order valence-corrected chi connectivity index (χ0v) is 11.0. The van der Waals surface area contributed by atoms with Gasteiger partial charge in [0.25, 0.3) is 0 Å². The molecule has 0 radical (unpaired) electrons. The fraction of sp³-hybridized carbons (Fsp3) is 0. The number of hydrogen-bond donors (Lipinski definition) is 1. The van der Waals surface area contributed by atoms with E-state index in [1.807, 2.05) is 0 Å². The van der Waals surface area contributed by atoms with Gasteiger partial charge in [-0.25, -0.2) is 13.2 Å². The molecule has 0 spiro atoms.